The zero-order chi connectivity index (χ0) is 13.7. The fraction of sp³-hybridized carbons (Fsp3) is 0.200. The molecule has 0 aromatic heterocycles. The number of methoxy groups -OCH3 is 1. The van der Waals surface area contributed by atoms with Gasteiger partial charge in [-0.2, -0.15) is 0 Å². The summed E-state index contributed by atoms with van der Waals surface area (Å²) in [6.45, 7) is 1.48. The number of rotatable bonds is 5. The van der Waals surface area contributed by atoms with Crippen LogP contribution in [0.2, 0.25) is 10.0 Å². The molecule has 0 atom stereocenters. The Balaban J connectivity index is 1.92. The zero-order valence-electron chi connectivity index (χ0n) is 10.6. The zero-order valence-corrected chi connectivity index (χ0v) is 12.1. The van der Waals surface area contributed by atoms with Gasteiger partial charge in [-0.15, -0.1) is 0 Å². The van der Waals surface area contributed by atoms with E-state index >= 15 is 0 Å². The third kappa shape index (κ3) is 4.43. The van der Waals surface area contributed by atoms with Crippen LogP contribution in [0.4, 0.5) is 0 Å². The van der Waals surface area contributed by atoms with Gasteiger partial charge in [-0.25, -0.2) is 0 Å². The summed E-state index contributed by atoms with van der Waals surface area (Å²) in [5.41, 5.74) is 2.24. The molecule has 2 nitrogen and oxygen atoms in total. The van der Waals surface area contributed by atoms with Gasteiger partial charge in [0.1, 0.15) is 5.75 Å². The van der Waals surface area contributed by atoms with Crippen LogP contribution >= 0.6 is 23.2 Å². The average Bonchev–Trinajstić information content (AvgIpc) is 2.38. The molecule has 100 valence electrons. The summed E-state index contributed by atoms with van der Waals surface area (Å²) in [5.74, 6) is 0.866. The summed E-state index contributed by atoms with van der Waals surface area (Å²) in [5, 5.41) is 4.67. The summed E-state index contributed by atoms with van der Waals surface area (Å²) in [6.07, 6.45) is 0. The van der Waals surface area contributed by atoms with Gasteiger partial charge in [-0.05, 0) is 41.5 Å². The van der Waals surface area contributed by atoms with Crippen LogP contribution in [0, 0.1) is 0 Å². The summed E-state index contributed by atoms with van der Waals surface area (Å²) < 4.78 is 5.19. The second kappa shape index (κ2) is 6.80. The largest absolute Gasteiger partial charge is 0.497 e. The SMILES string of the molecule is COc1cccc(CNCc2cc(Cl)cc(Cl)c2)c1. The highest BCUT2D eigenvalue weighted by Crippen LogP contribution is 2.19. The third-order valence-electron chi connectivity index (χ3n) is 2.71. The van der Waals surface area contributed by atoms with E-state index in [1.807, 2.05) is 30.3 Å². The van der Waals surface area contributed by atoms with E-state index in [9.17, 15) is 0 Å². The maximum Gasteiger partial charge on any atom is 0.119 e. The molecule has 1 N–H and O–H groups in total. The van der Waals surface area contributed by atoms with Crippen LogP contribution in [0.3, 0.4) is 0 Å². The molecule has 0 heterocycles. The van der Waals surface area contributed by atoms with E-state index in [1.165, 1.54) is 5.56 Å². The van der Waals surface area contributed by atoms with Crippen molar-refractivity contribution in [1.29, 1.82) is 0 Å². The van der Waals surface area contributed by atoms with Crippen molar-refractivity contribution in [3.05, 3.63) is 63.6 Å². The number of halogens is 2. The first kappa shape index (κ1) is 14.2. The van der Waals surface area contributed by atoms with E-state index in [1.54, 1.807) is 13.2 Å². The van der Waals surface area contributed by atoms with Gasteiger partial charge in [-0.3, -0.25) is 0 Å². The quantitative estimate of drug-likeness (QED) is 0.888. The van der Waals surface area contributed by atoms with Crippen LogP contribution in [-0.2, 0) is 13.1 Å². The average molecular weight is 296 g/mol. The smallest absolute Gasteiger partial charge is 0.119 e. The lowest BCUT2D eigenvalue weighted by atomic mass is 10.2. The van der Waals surface area contributed by atoms with Crippen molar-refractivity contribution in [3.8, 4) is 5.75 Å². The van der Waals surface area contributed by atoms with Crippen molar-refractivity contribution < 1.29 is 4.74 Å². The van der Waals surface area contributed by atoms with Gasteiger partial charge in [0.2, 0.25) is 0 Å². The predicted molar refractivity (Wildman–Crippen MR) is 80.0 cm³/mol. The van der Waals surface area contributed by atoms with Crippen LogP contribution in [0.15, 0.2) is 42.5 Å². The normalized spacial score (nSPS) is 10.5. The minimum Gasteiger partial charge on any atom is -0.497 e. The maximum atomic E-state index is 5.96. The van der Waals surface area contributed by atoms with Crippen molar-refractivity contribution in [3.63, 3.8) is 0 Å². The topological polar surface area (TPSA) is 21.3 Å². The monoisotopic (exact) mass is 295 g/mol. The first-order chi connectivity index (χ1) is 9.17. The molecular formula is C15H15Cl2NO. The van der Waals surface area contributed by atoms with E-state index in [4.69, 9.17) is 27.9 Å². The van der Waals surface area contributed by atoms with E-state index < -0.39 is 0 Å². The number of nitrogens with one attached hydrogen (secondary N) is 1. The fourth-order valence-corrected chi connectivity index (χ4v) is 2.42. The Morgan fingerprint density at radius 3 is 2.32 bits per heavy atom. The molecular weight excluding hydrogens is 281 g/mol. The van der Waals surface area contributed by atoms with Gasteiger partial charge in [0.05, 0.1) is 7.11 Å². The van der Waals surface area contributed by atoms with Crippen LogP contribution in [0.25, 0.3) is 0 Å². The molecule has 0 amide bonds. The highest BCUT2D eigenvalue weighted by molar-refractivity contribution is 6.34. The predicted octanol–water partition coefficient (Wildman–Crippen LogP) is 4.29. The summed E-state index contributed by atoms with van der Waals surface area (Å²) in [7, 11) is 1.67. The van der Waals surface area contributed by atoms with Crippen molar-refractivity contribution in [2.24, 2.45) is 0 Å². The molecule has 0 radical (unpaired) electrons. The molecule has 4 heteroatoms. The molecule has 0 saturated heterocycles. The second-order valence-corrected chi connectivity index (χ2v) is 5.11. The van der Waals surface area contributed by atoms with Gasteiger partial charge in [-0.1, -0.05) is 35.3 Å². The molecule has 0 unspecified atom stereocenters. The summed E-state index contributed by atoms with van der Waals surface area (Å²) in [4.78, 5) is 0. The Bertz CT molecular complexity index is 537. The molecule has 2 aromatic rings. The first-order valence-electron chi connectivity index (χ1n) is 5.96. The number of hydrogen-bond donors (Lipinski definition) is 1. The summed E-state index contributed by atoms with van der Waals surface area (Å²) >= 11 is 11.9. The molecule has 0 saturated carbocycles. The van der Waals surface area contributed by atoms with Gasteiger partial charge >= 0.3 is 0 Å². The van der Waals surface area contributed by atoms with E-state index in [2.05, 4.69) is 11.4 Å². The van der Waals surface area contributed by atoms with Gasteiger partial charge in [0.15, 0.2) is 0 Å². The lowest BCUT2D eigenvalue weighted by Gasteiger charge is -2.07. The van der Waals surface area contributed by atoms with Crippen molar-refractivity contribution in [1.82, 2.24) is 5.32 Å². The van der Waals surface area contributed by atoms with Crippen molar-refractivity contribution >= 4 is 23.2 Å². The van der Waals surface area contributed by atoms with Crippen LogP contribution in [0.1, 0.15) is 11.1 Å². The maximum absolute atomic E-state index is 5.96. The molecule has 0 aliphatic carbocycles. The molecule has 19 heavy (non-hydrogen) atoms. The minimum absolute atomic E-state index is 0.658. The Labute approximate surface area is 123 Å². The van der Waals surface area contributed by atoms with Crippen LogP contribution in [-0.4, -0.2) is 7.11 Å². The highest BCUT2D eigenvalue weighted by atomic mass is 35.5. The minimum atomic E-state index is 0.658. The molecule has 0 fully saturated rings. The molecule has 2 aromatic carbocycles. The lowest BCUT2D eigenvalue weighted by molar-refractivity contribution is 0.414. The van der Waals surface area contributed by atoms with E-state index in [0.29, 0.717) is 10.0 Å². The van der Waals surface area contributed by atoms with Gasteiger partial charge in [0, 0.05) is 23.1 Å². The van der Waals surface area contributed by atoms with Crippen LogP contribution < -0.4 is 10.1 Å². The summed E-state index contributed by atoms with van der Waals surface area (Å²) in [6, 6.07) is 13.5. The van der Waals surface area contributed by atoms with Gasteiger partial charge in [0.25, 0.3) is 0 Å². The van der Waals surface area contributed by atoms with Crippen molar-refractivity contribution in [2.75, 3.05) is 7.11 Å². The first-order valence-corrected chi connectivity index (χ1v) is 6.71. The fourth-order valence-electron chi connectivity index (χ4n) is 1.85. The molecule has 0 aliphatic rings. The Morgan fingerprint density at radius 2 is 1.63 bits per heavy atom. The van der Waals surface area contributed by atoms with E-state index in [0.717, 1.165) is 24.4 Å². The molecule has 0 aliphatic heterocycles. The second-order valence-electron chi connectivity index (χ2n) is 4.23. The molecule has 2 rings (SSSR count). The van der Waals surface area contributed by atoms with E-state index in [-0.39, 0.29) is 0 Å². The Hall–Kier alpha value is -1.22. The lowest BCUT2D eigenvalue weighted by Crippen LogP contribution is -2.12. The number of benzene rings is 2. The Morgan fingerprint density at radius 1 is 0.947 bits per heavy atom. The standard InChI is InChI=1S/C15H15Cl2NO/c1-19-15-4-2-3-11(7-15)9-18-10-12-5-13(16)8-14(17)6-12/h2-8,18H,9-10H2,1H3. The van der Waals surface area contributed by atoms with Gasteiger partial charge < -0.3 is 10.1 Å². The highest BCUT2D eigenvalue weighted by Gasteiger charge is 1.99. The third-order valence-corrected chi connectivity index (χ3v) is 3.15. The van der Waals surface area contributed by atoms with Crippen LogP contribution in [0.5, 0.6) is 5.75 Å². The van der Waals surface area contributed by atoms with Crippen molar-refractivity contribution in [2.45, 2.75) is 13.1 Å². The molecule has 0 spiro atoms. The number of hydrogen-bond acceptors (Lipinski definition) is 2. The Kier molecular flexibility index (Phi) is 5.08. The number of ether oxygens (including phenoxy) is 1. The molecule has 0 bridgehead atoms.